The summed E-state index contributed by atoms with van der Waals surface area (Å²) < 4.78 is 10.8. The van der Waals surface area contributed by atoms with Gasteiger partial charge in [0.15, 0.2) is 11.5 Å². The van der Waals surface area contributed by atoms with E-state index >= 15 is 0 Å². The molecule has 3 N–H and O–H groups in total. The lowest BCUT2D eigenvalue weighted by Crippen LogP contribution is -2.36. The predicted octanol–water partition coefficient (Wildman–Crippen LogP) is 2.50. The van der Waals surface area contributed by atoms with E-state index in [1.54, 1.807) is 6.07 Å². The predicted molar refractivity (Wildman–Crippen MR) is 95.1 cm³/mol. The molecule has 7 nitrogen and oxygen atoms in total. The fourth-order valence-corrected chi connectivity index (χ4v) is 4.23. The van der Waals surface area contributed by atoms with Crippen molar-refractivity contribution in [3.8, 4) is 17.2 Å². The van der Waals surface area contributed by atoms with E-state index in [-0.39, 0.29) is 47.5 Å². The Morgan fingerprint density at radius 3 is 2.56 bits per heavy atom. The molecule has 148 valence electrons. The Morgan fingerprint density at radius 2 is 1.93 bits per heavy atom. The van der Waals surface area contributed by atoms with Gasteiger partial charge in [-0.2, -0.15) is 0 Å². The standard InChI is InChI=1S/C12H16O4.C8H10O3/c1-5(2)11(13)15-9-6-3-7-8(4-6)12(14)16-10(7)9;1-2-5-3-4-6(9)8(11)7(5)10/h5-10H,3-4H2,1-2H3;3-4,9-11H,2H2,1H3. The monoisotopic (exact) mass is 378 g/mol. The minimum absolute atomic E-state index is 0.0828. The van der Waals surface area contributed by atoms with Gasteiger partial charge in [0.1, 0.15) is 12.2 Å². The number of aryl methyl sites for hydroxylation is 1. The summed E-state index contributed by atoms with van der Waals surface area (Å²) in [6.45, 7) is 5.49. The second-order valence-corrected chi connectivity index (χ2v) is 7.75. The van der Waals surface area contributed by atoms with Gasteiger partial charge in [0.25, 0.3) is 0 Å². The van der Waals surface area contributed by atoms with Crippen LogP contribution in [-0.4, -0.2) is 39.5 Å². The minimum Gasteiger partial charge on any atom is -0.504 e. The van der Waals surface area contributed by atoms with Gasteiger partial charge in [-0.25, -0.2) is 0 Å². The van der Waals surface area contributed by atoms with Crippen molar-refractivity contribution in [2.45, 2.75) is 52.2 Å². The Hall–Kier alpha value is -2.44. The quantitative estimate of drug-likeness (QED) is 0.547. The van der Waals surface area contributed by atoms with Gasteiger partial charge in [-0.05, 0) is 30.9 Å². The summed E-state index contributed by atoms with van der Waals surface area (Å²) in [4.78, 5) is 23.1. The van der Waals surface area contributed by atoms with Crippen LogP contribution in [0.25, 0.3) is 0 Å². The summed E-state index contributed by atoms with van der Waals surface area (Å²) in [6, 6.07) is 2.93. The van der Waals surface area contributed by atoms with Crippen molar-refractivity contribution in [1.29, 1.82) is 0 Å². The van der Waals surface area contributed by atoms with Crippen molar-refractivity contribution in [2.24, 2.45) is 23.7 Å². The Kier molecular flexibility index (Phi) is 5.22. The molecule has 0 spiro atoms. The summed E-state index contributed by atoms with van der Waals surface area (Å²) in [5.74, 6) is -0.609. The maximum absolute atomic E-state index is 11.6. The van der Waals surface area contributed by atoms with Crippen LogP contribution in [0.3, 0.4) is 0 Å². The zero-order chi connectivity index (χ0) is 19.9. The number of phenols is 3. The molecule has 2 aliphatic carbocycles. The minimum atomic E-state index is -0.440. The molecule has 3 fully saturated rings. The summed E-state index contributed by atoms with van der Waals surface area (Å²) >= 11 is 0. The number of hydrogen-bond acceptors (Lipinski definition) is 7. The van der Waals surface area contributed by atoms with Crippen molar-refractivity contribution in [2.75, 3.05) is 0 Å². The first-order valence-corrected chi connectivity index (χ1v) is 9.38. The molecule has 2 saturated carbocycles. The summed E-state index contributed by atoms with van der Waals surface area (Å²) in [5, 5.41) is 27.1. The first kappa shape index (κ1) is 19.3. The number of benzene rings is 1. The maximum atomic E-state index is 11.6. The van der Waals surface area contributed by atoms with E-state index in [2.05, 4.69) is 0 Å². The lowest BCUT2D eigenvalue weighted by molar-refractivity contribution is -0.164. The third-order valence-corrected chi connectivity index (χ3v) is 5.73. The molecule has 1 aliphatic heterocycles. The van der Waals surface area contributed by atoms with Crippen molar-refractivity contribution >= 4 is 11.9 Å². The van der Waals surface area contributed by atoms with Crippen LogP contribution >= 0.6 is 0 Å². The van der Waals surface area contributed by atoms with Gasteiger partial charge in [0, 0.05) is 11.8 Å². The molecule has 3 aliphatic rings. The van der Waals surface area contributed by atoms with Crippen LogP contribution in [0.2, 0.25) is 0 Å². The largest absolute Gasteiger partial charge is 0.504 e. The van der Waals surface area contributed by atoms with Gasteiger partial charge in [0.2, 0.25) is 5.75 Å². The Balaban J connectivity index is 0.000000168. The average Bonchev–Trinajstić information content (AvgIpc) is 3.25. The average molecular weight is 378 g/mol. The first-order valence-electron chi connectivity index (χ1n) is 9.38. The van der Waals surface area contributed by atoms with Crippen LogP contribution in [0.4, 0.5) is 0 Å². The number of fused-ring (bicyclic) bond motifs is 1. The van der Waals surface area contributed by atoms with E-state index in [0.717, 1.165) is 12.8 Å². The van der Waals surface area contributed by atoms with Crippen molar-refractivity contribution in [3.05, 3.63) is 17.7 Å². The highest BCUT2D eigenvalue weighted by atomic mass is 16.6. The molecule has 1 aromatic carbocycles. The molecular formula is C20H26O7. The number of carbonyl (C=O) groups is 2. The number of rotatable bonds is 3. The van der Waals surface area contributed by atoms with Crippen LogP contribution in [0.5, 0.6) is 17.2 Å². The zero-order valence-electron chi connectivity index (χ0n) is 15.7. The number of aromatic hydroxyl groups is 3. The van der Waals surface area contributed by atoms with E-state index in [1.807, 2.05) is 20.8 Å². The fraction of sp³-hybridized carbons (Fsp3) is 0.600. The third kappa shape index (κ3) is 3.42. The van der Waals surface area contributed by atoms with Crippen molar-refractivity contribution in [1.82, 2.24) is 0 Å². The highest BCUT2D eigenvalue weighted by molar-refractivity contribution is 5.77. The van der Waals surface area contributed by atoms with Crippen molar-refractivity contribution in [3.63, 3.8) is 0 Å². The molecule has 1 heterocycles. The molecule has 0 aromatic heterocycles. The first-order chi connectivity index (χ1) is 12.7. The molecule has 7 heteroatoms. The maximum Gasteiger partial charge on any atom is 0.309 e. The van der Waals surface area contributed by atoms with Gasteiger partial charge in [0.05, 0.1) is 11.8 Å². The summed E-state index contributed by atoms with van der Waals surface area (Å²) in [6.07, 6.45) is 2.12. The van der Waals surface area contributed by atoms with Gasteiger partial charge >= 0.3 is 11.9 Å². The Labute approximate surface area is 157 Å². The summed E-state index contributed by atoms with van der Waals surface area (Å²) in [5.41, 5.74) is 0.625. The number of phenolic OH excluding ortho intramolecular Hbond substituents is 3. The van der Waals surface area contributed by atoms with Crippen LogP contribution < -0.4 is 0 Å². The van der Waals surface area contributed by atoms with Crippen LogP contribution in [0, 0.1) is 23.7 Å². The molecule has 1 aromatic rings. The van der Waals surface area contributed by atoms with Gasteiger partial charge < -0.3 is 24.8 Å². The van der Waals surface area contributed by atoms with E-state index in [4.69, 9.17) is 24.8 Å². The highest BCUT2D eigenvalue weighted by Crippen LogP contribution is 2.55. The second kappa shape index (κ2) is 7.29. The number of ether oxygens (including phenoxy) is 2. The lowest BCUT2D eigenvalue weighted by Gasteiger charge is -2.25. The van der Waals surface area contributed by atoms with Crippen LogP contribution in [0.15, 0.2) is 12.1 Å². The molecule has 0 amide bonds. The molecule has 0 radical (unpaired) electrons. The highest BCUT2D eigenvalue weighted by Gasteiger charge is 2.63. The molecule has 4 rings (SSSR count). The second-order valence-electron chi connectivity index (χ2n) is 7.75. The SMILES string of the molecule is CC(C)C(=O)OC1C2CC3C(=O)OC1C3C2.CCc1ccc(O)c(O)c1O. The van der Waals surface area contributed by atoms with Gasteiger partial charge in [-0.1, -0.05) is 26.8 Å². The molecule has 27 heavy (non-hydrogen) atoms. The lowest BCUT2D eigenvalue weighted by atomic mass is 9.88. The van der Waals surface area contributed by atoms with Crippen LogP contribution in [-0.2, 0) is 25.5 Å². The fourth-order valence-electron chi connectivity index (χ4n) is 4.23. The van der Waals surface area contributed by atoms with E-state index in [9.17, 15) is 9.59 Å². The topological polar surface area (TPSA) is 113 Å². The molecular weight excluding hydrogens is 352 g/mol. The zero-order valence-corrected chi connectivity index (χ0v) is 15.7. The summed E-state index contributed by atoms with van der Waals surface area (Å²) in [7, 11) is 0. The molecule has 5 atom stereocenters. The normalized spacial score (nSPS) is 30.1. The molecule has 5 unspecified atom stereocenters. The Bertz CT molecular complexity index is 742. The number of carbonyl (C=O) groups excluding carboxylic acids is 2. The number of esters is 2. The smallest absolute Gasteiger partial charge is 0.309 e. The van der Waals surface area contributed by atoms with E-state index in [0.29, 0.717) is 23.8 Å². The third-order valence-electron chi connectivity index (χ3n) is 5.73. The van der Waals surface area contributed by atoms with Crippen LogP contribution in [0.1, 0.15) is 39.2 Å². The van der Waals surface area contributed by atoms with Gasteiger partial charge in [-0.15, -0.1) is 0 Å². The molecule has 2 bridgehead atoms. The van der Waals surface area contributed by atoms with Gasteiger partial charge in [-0.3, -0.25) is 9.59 Å². The Morgan fingerprint density at radius 1 is 1.22 bits per heavy atom. The number of hydrogen-bond donors (Lipinski definition) is 3. The van der Waals surface area contributed by atoms with E-state index < -0.39 is 5.75 Å². The molecule has 1 saturated heterocycles. The van der Waals surface area contributed by atoms with E-state index in [1.165, 1.54) is 6.07 Å². The van der Waals surface area contributed by atoms with Crippen molar-refractivity contribution < 1.29 is 34.4 Å².